The van der Waals surface area contributed by atoms with Gasteiger partial charge < -0.3 is 94.7 Å². The molecule has 7 aliphatic carbocycles. The predicted molar refractivity (Wildman–Crippen MR) is 484 cm³/mol. The minimum absolute atomic E-state index is 0.0290. The number of nitrogens with one attached hydrogen (secondary N) is 10. The van der Waals surface area contributed by atoms with E-state index in [1.807, 2.05) is 31.2 Å². The van der Waals surface area contributed by atoms with Gasteiger partial charge in [-0.3, -0.25) is 57.5 Å². The number of primary amides is 2. The lowest BCUT2D eigenvalue weighted by Gasteiger charge is -2.38. The second kappa shape index (κ2) is 41.6. The largest absolute Gasteiger partial charge is 0.480 e. The normalized spacial score (nSPS) is 25.0. The molecule has 6 saturated carbocycles. The van der Waals surface area contributed by atoms with Crippen LogP contribution in [0.2, 0.25) is 0 Å². The summed E-state index contributed by atoms with van der Waals surface area (Å²) in [6.45, 7) is 30.4. The lowest BCUT2D eigenvalue weighted by Crippen LogP contribution is -2.62. The van der Waals surface area contributed by atoms with Crippen molar-refractivity contribution in [2.45, 2.75) is 294 Å². The highest BCUT2D eigenvalue weighted by Crippen LogP contribution is 2.68. The number of Topliss-reactive ketones (excluding diaryl/α,β-unsaturated/α-hetero) is 3. The van der Waals surface area contributed by atoms with Crippen LogP contribution in [0.1, 0.15) is 211 Å². The second-order valence-corrected chi connectivity index (χ2v) is 45.0. The molecule has 1 aromatic rings. The molecule has 3 heterocycles. The van der Waals surface area contributed by atoms with Gasteiger partial charge in [-0.1, -0.05) is 198 Å². The van der Waals surface area contributed by atoms with Gasteiger partial charge in [0, 0.05) is 49.9 Å². The Hall–Kier alpha value is -9.42. The summed E-state index contributed by atoms with van der Waals surface area (Å²) in [6, 6.07) is -8.21. The quantitative estimate of drug-likeness (QED) is 0.0215. The number of hydrogen-bond donors (Lipinski definition) is 15. The van der Waals surface area contributed by atoms with Crippen LogP contribution in [0, 0.1) is 86.3 Å². The molecule has 3 saturated heterocycles. The minimum Gasteiger partial charge on any atom is -0.480 e. The molecule has 0 radical (unpaired) electrons. The Morgan fingerprint density at radius 3 is 1.18 bits per heavy atom. The van der Waals surface area contributed by atoms with Crippen molar-refractivity contribution in [3.63, 3.8) is 0 Å². The smallest absolute Gasteiger partial charge is 0.326 e. The van der Waals surface area contributed by atoms with E-state index in [9.17, 15) is 102 Å². The van der Waals surface area contributed by atoms with Crippen molar-refractivity contribution < 1.29 is 102 Å². The van der Waals surface area contributed by atoms with E-state index < -0.39 is 233 Å². The van der Waals surface area contributed by atoms with E-state index >= 15 is 0 Å². The summed E-state index contributed by atoms with van der Waals surface area (Å²) in [5, 5.41) is 55.2. The molecule has 0 bridgehead atoms. The Kier molecular flexibility index (Phi) is 33.4. The summed E-state index contributed by atoms with van der Waals surface area (Å²) >= 11 is 25.9. The van der Waals surface area contributed by atoms with E-state index in [0.29, 0.717) is 25.8 Å². The van der Waals surface area contributed by atoms with Crippen LogP contribution in [-0.2, 0) is 84.8 Å². The number of aliphatic carboxylic acids is 3. The zero-order valence-electron chi connectivity index (χ0n) is 77.3. The lowest BCUT2D eigenvalue weighted by molar-refractivity contribution is -0.145. The monoisotopic (exact) mass is 1910 g/mol. The maximum atomic E-state index is 14.4. The summed E-state index contributed by atoms with van der Waals surface area (Å²) in [6.07, 6.45) is 13.3. The number of benzene rings is 1. The van der Waals surface area contributed by atoms with Crippen molar-refractivity contribution in [1.82, 2.24) is 67.9 Å². The Bertz CT molecular complexity index is 4560. The highest BCUT2D eigenvalue weighted by Gasteiger charge is 2.76. The molecule has 0 aromatic heterocycles. The van der Waals surface area contributed by atoms with Gasteiger partial charge in [-0.25, -0.2) is 28.8 Å². The zero-order chi connectivity index (χ0) is 97.9. The maximum absolute atomic E-state index is 14.4. The van der Waals surface area contributed by atoms with Crippen molar-refractivity contribution >= 4 is 153 Å². The van der Waals surface area contributed by atoms with Crippen molar-refractivity contribution in [1.29, 1.82) is 0 Å². The molecule has 40 heteroatoms. The van der Waals surface area contributed by atoms with Gasteiger partial charge in [0.25, 0.3) is 17.7 Å². The van der Waals surface area contributed by atoms with Gasteiger partial charge in [-0.05, 0) is 119 Å². The molecule has 10 aliphatic rings. The Labute approximate surface area is 784 Å². The number of amides is 15. The average molecular weight is 1910 g/mol. The zero-order valence-corrected chi connectivity index (χ0v) is 80.4. The molecule has 3 unspecified atom stereocenters. The molecule has 17 N–H and O–H groups in total. The topological polar surface area (TPSA) is 550 Å². The number of hydrogen-bond acceptors (Lipinski definition) is 18. The molecule has 1 aromatic carbocycles. The minimum atomic E-state index is -1.27. The molecule has 9 fully saturated rings. The van der Waals surface area contributed by atoms with E-state index in [0.717, 1.165) is 81.8 Å². The fourth-order valence-corrected chi connectivity index (χ4v) is 21.3. The number of rotatable bonds is 35. The van der Waals surface area contributed by atoms with E-state index in [-0.39, 0.29) is 79.8 Å². The molecule has 131 heavy (non-hydrogen) atoms. The standard InChI is InChI=1S/C33H53N5O7.C31H39Cl2N5O7.C27H41Cl2N5O7/c1-8-10-16-21(25(39)28(41)34-17-9-2)35-27(40)24-22-20(33(22,6)7)18-38(24)29(42)23(19-14-12-11-13-15-19)36-31(45)37-26(30(43)44)32(3,4)5;1-30(2,3)24(28(43)44)37-29(45)36-21(17-11-15-6-4-5-7-16(15)12-17)27(42)38-13-18-20(31(18,32)33)22(38)26(41)35-19(10-14-8-9-14)23(39)25(34)40;1-25(2,3)18(32-24(41)33-19(23(39)40)26(4,5)6)22(38)34-11-13-15(27(13,28)29)16(34)21(37)31-14(17(35)20(30)36)10-12-8-7-9-12/h9,19-24,26H,2,8,10-18H2,1,3-7H3,(H,34,41)(H,35,40)(H,43,44)(H2,36,37,45);4-7,14,17-22,24H,8-13H2,1-3H3,(H2,34,40)(H,35,41)(H,43,44)(H2,36,37,45);12-16,18-19H,7-11H2,1-6H3,(H2,30,36)(H,31,37)(H,39,40)(H2,32,33,41)/t20-,21?,22-,23-,24-,26+;18-,19?,20-,21-,22-,24+;13-,14?,15-,16-,18+,19+/m000/s1. The summed E-state index contributed by atoms with van der Waals surface area (Å²) in [5.41, 5.74) is 9.08. The number of nitrogens with zero attached hydrogens (tertiary/aromatic N) is 3. The van der Waals surface area contributed by atoms with E-state index in [4.69, 9.17) is 57.9 Å². The number of alkyl halides is 4. The number of ketones is 3. The fourth-order valence-electron chi connectivity index (χ4n) is 19.6. The number of carbonyl (C=O) groups is 18. The van der Waals surface area contributed by atoms with Crippen molar-refractivity contribution in [2.24, 2.45) is 97.7 Å². The SMILES string of the molecule is C=CCNC(=O)C(=O)C(CCCC)NC(=O)[C@@H]1[C@@H]2[C@H](CN1C(=O)[C@@H](NC(=O)N[C@H](C(=O)O)C(C)(C)C)C1CCCCC1)C2(C)C.CC(C)(C)[C@H](NC(=O)N[C@H](C(=O)N1C[C@H]2[C@@H]([C@H]1C(=O)NC(CC1CC1)C(=O)C(N)=O)C2(Cl)Cl)C1Cc2ccccc2C1)C(=O)O.CC(C)(C)[C@H](NC(=O)N[C@H](C(=O)N1C[C@H]2[C@@H]([C@H]1C(=O)NC(CC1CCC1)C(=O)C(N)=O)C2(Cl)Cl)C(C)(C)C)C(=O)O. The highest BCUT2D eigenvalue weighted by molar-refractivity contribution is 6.52. The Morgan fingerprint density at radius 2 is 0.817 bits per heavy atom. The molecular weight excluding hydrogens is 1780 g/mol. The number of carboxylic acids is 3. The molecule has 36 nitrogen and oxygen atoms in total. The molecule has 726 valence electrons. The first-order chi connectivity index (χ1) is 60.7. The number of fused-ring (bicyclic) bond motifs is 4. The first-order valence-electron chi connectivity index (χ1n) is 45.4. The summed E-state index contributed by atoms with van der Waals surface area (Å²) in [7, 11) is 0. The number of nitrogens with two attached hydrogens (primary N) is 2. The van der Waals surface area contributed by atoms with Gasteiger partial charge in [0.15, 0.2) is 0 Å². The lowest BCUT2D eigenvalue weighted by atomic mass is 9.80. The van der Waals surface area contributed by atoms with E-state index in [2.05, 4.69) is 73.6 Å². The third-order valence-electron chi connectivity index (χ3n) is 27.8. The highest BCUT2D eigenvalue weighted by atomic mass is 35.5. The number of unbranched alkanes of at least 4 members (excludes halogenated alkanes) is 1. The number of carbonyl (C=O) groups excluding carboxylic acids is 15. The Balaban J connectivity index is 0.000000222. The third-order valence-corrected chi connectivity index (χ3v) is 29.9. The molecular formula is C91H133Cl4N15O21. The maximum Gasteiger partial charge on any atom is 0.326 e. The van der Waals surface area contributed by atoms with Gasteiger partial charge in [-0.15, -0.1) is 53.0 Å². The van der Waals surface area contributed by atoms with Crippen LogP contribution in [0.4, 0.5) is 14.4 Å². The van der Waals surface area contributed by atoms with Crippen molar-refractivity contribution in [3.05, 3.63) is 48.0 Å². The summed E-state index contributed by atoms with van der Waals surface area (Å²) in [4.78, 5) is 237. The Morgan fingerprint density at radius 1 is 0.458 bits per heavy atom. The molecule has 3 aliphatic heterocycles. The predicted octanol–water partition coefficient (Wildman–Crippen LogP) is 5.86. The van der Waals surface area contributed by atoms with Crippen LogP contribution in [0.3, 0.4) is 0 Å². The molecule has 0 spiro atoms. The van der Waals surface area contributed by atoms with E-state index in [1.54, 1.807) is 83.1 Å². The van der Waals surface area contributed by atoms with Gasteiger partial charge in [0.05, 0.1) is 18.1 Å². The number of urea groups is 3. The van der Waals surface area contributed by atoms with Gasteiger partial charge in [-0.2, -0.15) is 0 Å². The average Bonchev–Trinajstić information content (AvgIpc) is 1.53. The first kappa shape index (κ1) is 105. The van der Waals surface area contributed by atoms with Crippen LogP contribution in [0.5, 0.6) is 0 Å². The van der Waals surface area contributed by atoms with E-state index in [1.165, 1.54) is 20.8 Å². The molecule has 18 atom stereocenters. The molecule has 15 amide bonds. The number of carboxylic acid groups (broad SMARTS) is 3. The third kappa shape index (κ3) is 25.0. The first-order valence-corrected chi connectivity index (χ1v) is 46.9. The van der Waals surface area contributed by atoms with Crippen molar-refractivity contribution in [3.8, 4) is 0 Å². The van der Waals surface area contributed by atoms with Gasteiger partial charge in [0.2, 0.25) is 52.8 Å². The van der Waals surface area contributed by atoms with Crippen LogP contribution >= 0.6 is 46.4 Å². The second-order valence-electron chi connectivity index (χ2n) is 42.1. The summed E-state index contributed by atoms with van der Waals surface area (Å²) in [5.74, 6) is -15.2. The van der Waals surface area contributed by atoms with Crippen LogP contribution < -0.4 is 64.6 Å². The van der Waals surface area contributed by atoms with Gasteiger partial charge in [0.1, 0.15) is 63.0 Å². The van der Waals surface area contributed by atoms with Crippen LogP contribution in [-0.4, -0.2) is 244 Å². The number of likely N-dealkylation sites (tertiary alicyclic amines) is 3. The van der Waals surface area contributed by atoms with Crippen LogP contribution in [0.25, 0.3) is 0 Å². The number of halogens is 4. The summed E-state index contributed by atoms with van der Waals surface area (Å²) < 4.78 is -2.54. The molecule has 11 rings (SSSR count). The van der Waals surface area contributed by atoms with Crippen molar-refractivity contribution in [2.75, 3.05) is 26.2 Å². The van der Waals surface area contributed by atoms with Gasteiger partial charge >= 0.3 is 36.0 Å². The van der Waals surface area contributed by atoms with Crippen LogP contribution in [0.15, 0.2) is 36.9 Å². The fraction of sp³-hybridized carbons (Fsp3) is 0.714. The number of piperidine rings is 3.